The Bertz CT molecular complexity index is 1540. The number of halogens is 3. The molecule has 4 nitrogen and oxygen atoms in total. The van der Waals surface area contributed by atoms with Gasteiger partial charge in [0.15, 0.2) is 0 Å². The van der Waals surface area contributed by atoms with Crippen molar-refractivity contribution in [3.8, 4) is 22.3 Å². The maximum Gasteiger partial charge on any atom is 0.138 e. The number of rotatable bonds is 2. The van der Waals surface area contributed by atoms with E-state index in [1.807, 2.05) is 57.9 Å². The first-order valence-electron chi connectivity index (χ1n) is 10.1. The van der Waals surface area contributed by atoms with Crippen LogP contribution in [-0.2, 0) is 0 Å². The summed E-state index contributed by atoms with van der Waals surface area (Å²) in [5.74, 6) is -0.434. The zero-order chi connectivity index (χ0) is 22.8. The highest BCUT2D eigenvalue weighted by Gasteiger charge is 2.03. The van der Waals surface area contributed by atoms with Crippen LogP contribution in [0.15, 0.2) is 104 Å². The number of fused-ring (bicyclic) bond motifs is 2. The molecule has 0 aliphatic heterocycles. The van der Waals surface area contributed by atoms with Crippen molar-refractivity contribution in [2.75, 3.05) is 0 Å². The van der Waals surface area contributed by atoms with Gasteiger partial charge in [-0.3, -0.25) is 4.40 Å². The molecule has 2 aromatic carbocycles. The van der Waals surface area contributed by atoms with Crippen LogP contribution in [0.4, 0.5) is 8.78 Å². The first-order valence-corrected chi connectivity index (χ1v) is 11.2. The van der Waals surface area contributed by atoms with E-state index in [4.69, 9.17) is 0 Å². The number of hydrogen-bond donors (Lipinski definition) is 0. The Morgan fingerprint density at radius 1 is 0.606 bits per heavy atom. The van der Waals surface area contributed by atoms with Gasteiger partial charge in [0.05, 0.1) is 6.20 Å². The van der Waals surface area contributed by atoms with Gasteiger partial charge in [-0.15, -0.1) is 0 Å². The van der Waals surface area contributed by atoms with Crippen molar-refractivity contribution in [3.63, 3.8) is 0 Å². The molecule has 6 rings (SSSR count). The Morgan fingerprint density at radius 3 is 1.82 bits per heavy atom. The fraction of sp³-hybridized carbons (Fsp3) is 0. The monoisotopic (exact) mass is 550 g/mol. The second-order valence-corrected chi connectivity index (χ2v) is 8.45. The molecule has 0 N–H and O–H groups in total. The lowest BCUT2D eigenvalue weighted by Gasteiger charge is -2.02. The summed E-state index contributed by atoms with van der Waals surface area (Å²) in [4.78, 5) is 8.51. The lowest BCUT2D eigenvalue weighted by molar-refractivity contribution is 0.627. The molecule has 162 valence electrons. The van der Waals surface area contributed by atoms with Crippen LogP contribution >= 0.6 is 22.6 Å². The highest BCUT2D eigenvalue weighted by molar-refractivity contribution is 14.1. The van der Waals surface area contributed by atoms with Gasteiger partial charge in [-0.05, 0) is 93.4 Å². The van der Waals surface area contributed by atoms with Crippen LogP contribution in [0.5, 0.6) is 0 Å². The van der Waals surface area contributed by atoms with Crippen LogP contribution in [0.1, 0.15) is 0 Å². The molecule has 0 saturated carbocycles. The third kappa shape index (κ3) is 4.63. The standard InChI is InChI=1S/C13H8FIN2.C13H9FN2/c14-11-3-1-9(2-4-11)10-5-6-17-12(15)8-16-13(17)7-10;14-12-3-1-10(2-4-12)11-5-7-16-8-6-15-13(16)9-11/h1-8H;1-9H. The Labute approximate surface area is 202 Å². The minimum absolute atomic E-state index is 0.217. The highest BCUT2D eigenvalue weighted by atomic mass is 127. The molecule has 0 unspecified atom stereocenters. The van der Waals surface area contributed by atoms with E-state index in [9.17, 15) is 8.78 Å². The third-order valence-electron chi connectivity index (χ3n) is 5.22. The lowest BCUT2D eigenvalue weighted by Crippen LogP contribution is -1.87. The van der Waals surface area contributed by atoms with Gasteiger partial charge in [0.1, 0.15) is 26.6 Å². The SMILES string of the molecule is Fc1ccc(-c2ccn3c(I)cnc3c2)cc1.Fc1ccc(-c2ccn3ccnc3c2)cc1. The smallest absolute Gasteiger partial charge is 0.138 e. The van der Waals surface area contributed by atoms with Crippen LogP contribution in [-0.4, -0.2) is 18.8 Å². The Kier molecular flexibility index (Phi) is 5.87. The molecule has 0 fully saturated rings. The molecule has 0 saturated heterocycles. The predicted molar refractivity (Wildman–Crippen MR) is 134 cm³/mol. The maximum absolute atomic E-state index is 12.8. The molecule has 0 aliphatic carbocycles. The van der Waals surface area contributed by atoms with Crippen LogP contribution in [0, 0.1) is 15.3 Å². The van der Waals surface area contributed by atoms with E-state index in [2.05, 4.69) is 32.6 Å². The fourth-order valence-corrected chi connectivity index (χ4v) is 4.05. The zero-order valence-corrected chi connectivity index (χ0v) is 19.4. The van der Waals surface area contributed by atoms with Gasteiger partial charge in [0, 0.05) is 24.8 Å². The molecule has 0 aliphatic rings. The van der Waals surface area contributed by atoms with Gasteiger partial charge in [-0.1, -0.05) is 24.3 Å². The lowest BCUT2D eigenvalue weighted by atomic mass is 10.1. The topological polar surface area (TPSA) is 34.6 Å². The molecule has 6 aromatic rings. The average Bonchev–Trinajstić information content (AvgIpc) is 3.46. The van der Waals surface area contributed by atoms with E-state index in [0.29, 0.717) is 0 Å². The molecule has 4 aromatic heterocycles. The molecular weight excluding hydrogens is 533 g/mol. The van der Waals surface area contributed by atoms with Crippen molar-refractivity contribution in [2.24, 2.45) is 0 Å². The first kappa shape index (κ1) is 21.3. The van der Waals surface area contributed by atoms with Crippen LogP contribution < -0.4 is 0 Å². The summed E-state index contributed by atoms with van der Waals surface area (Å²) >= 11 is 2.23. The van der Waals surface area contributed by atoms with Gasteiger partial charge in [-0.25, -0.2) is 18.7 Å². The highest BCUT2D eigenvalue weighted by Crippen LogP contribution is 2.22. The van der Waals surface area contributed by atoms with Crippen molar-refractivity contribution in [2.45, 2.75) is 0 Å². The second kappa shape index (κ2) is 9.11. The summed E-state index contributed by atoms with van der Waals surface area (Å²) in [6, 6.07) is 20.9. The summed E-state index contributed by atoms with van der Waals surface area (Å²) in [7, 11) is 0. The molecular formula is C26H17F2IN4. The van der Waals surface area contributed by atoms with E-state index in [1.165, 1.54) is 24.3 Å². The summed E-state index contributed by atoms with van der Waals surface area (Å²) in [6.07, 6.45) is 9.39. The number of nitrogens with zero attached hydrogens (tertiary/aromatic N) is 4. The van der Waals surface area contributed by atoms with Crippen molar-refractivity contribution < 1.29 is 8.78 Å². The van der Waals surface area contributed by atoms with E-state index in [1.54, 1.807) is 30.5 Å². The molecule has 7 heteroatoms. The molecule has 0 spiro atoms. The zero-order valence-electron chi connectivity index (χ0n) is 17.2. The third-order valence-corrected chi connectivity index (χ3v) is 6.02. The summed E-state index contributed by atoms with van der Waals surface area (Å²) < 4.78 is 30.6. The minimum atomic E-state index is -0.217. The molecule has 0 atom stereocenters. The summed E-state index contributed by atoms with van der Waals surface area (Å²) in [5, 5.41) is 0. The van der Waals surface area contributed by atoms with Gasteiger partial charge >= 0.3 is 0 Å². The number of imidazole rings is 2. The number of aromatic nitrogens is 4. The normalized spacial score (nSPS) is 10.9. The number of benzene rings is 2. The van der Waals surface area contributed by atoms with Gasteiger partial charge in [-0.2, -0.15) is 0 Å². The Morgan fingerprint density at radius 2 is 1.18 bits per heavy atom. The van der Waals surface area contributed by atoms with Crippen molar-refractivity contribution in [1.82, 2.24) is 18.8 Å². The predicted octanol–water partition coefficient (Wildman–Crippen LogP) is 6.89. The number of hydrogen-bond acceptors (Lipinski definition) is 2. The second-order valence-electron chi connectivity index (χ2n) is 7.35. The van der Waals surface area contributed by atoms with Gasteiger partial charge < -0.3 is 4.40 Å². The van der Waals surface area contributed by atoms with E-state index >= 15 is 0 Å². The Balaban J connectivity index is 0.000000139. The van der Waals surface area contributed by atoms with Gasteiger partial charge in [0.25, 0.3) is 0 Å². The number of pyridine rings is 2. The molecule has 4 heterocycles. The van der Waals surface area contributed by atoms with Crippen molar-refractivity contribution in [3.05, 3.63) is 119 Å². The van der Waals surface area contributed by atoms with E-state index < -0.39 is 0 Å². The summed E-state index contributed by atoms with van der Waals surface area (Å²) in [6.45, 7) is 0. The molecule has 0 amide bonds. The molecule has 33 heavy (non-hydrogen) atoms. The summed E-state index contributed by atoms with van der Waals surface area (Å²) in [5.41, 5.74) is 5.86. The average molecular weight is 550 g/mol. The van der Waals surface area contributed by atoms with Crippen molar-refractivity contribution in [1.29, 1.82) is 0 Å². The fourth-order valence-electron chi connectivity index (χ4n) is 3.50. The largest absolute Gasteiger partial charge is 0.307 e. The van der Waals surface area contributed by atoms with Crippen LogP contribution in [0.3, 0.4) is 0 Å². The van der Waals surface area contributed by atoms with Crippen LogP contribution in [0.2, 0.25) is 0 Å². The van der Waals surface area contributed by atoms with Crippen LogP contribution in [0.25, 0.3) is 33.5 Å². The Hall–Kier alpha value is -3.59. The minimum Gasteiger partial charge on any atom is -0.307 e. The van der Waals surface area contributed by atoms with Gasteiger partial charge in [0.2, 0.25) is 0 Å². The van der Waals surface area contributed by atoms with E-state index in [-0.39, 0.29) is 11.6 Å². The molecule has 0 radical (unpaired) electrons. The van der Waals surface area contributed by atoms with E-state index in [0.717, 1.165) is 37.2 Å². The molecule has 0 bridgehead atoms. The maximum atomic E-state index is 12.8. The quantitative estimate of drug-likeness (QED) is 0.220. The first-order chi connectivity index (χ1) is 16.1. The van der Waals surface area contributed by atoms with Crippen molar-refractivity contribution >= 4 is 33.9 Å².